The van der Waals surface area contributed by atoms with Crippen molar-refractivity contribution in [2.24, 2.45) is 5.10 Å². The van der Waals surface area contributed by atoms with Gasteiger partial charge in [0, 0.05) is 11.3 Å². The van der Waals surface area contributed by atoms with Gasteiger partial charge in [0.15, 0.2) is 29.6 Å². The number of carbonyl (C=O) groups excluding carboxylic acids is 3. The largest absolute Gasteiger partial charge is 0.493 e. The first kappa shape index (κ1) is 33.6. The number of hydrogen-bond acceptors (Lipinski definition) is 9. The number of halogens is 2. The zero-order valence-electron chi connectivity index (χ0n) is 25.4. The summed E-state index contributed by atoms with van der Waals surface area (Å²) >= 11 is 6.39. The fourth-order valence-corrected chi connectivity index (χ4v) is 4.75. The Morgan fingerprint density at radius 2 is 1.80 bits per heavy atom. The quantitative estimate of drug-likeness (QED) is 0.135. The van der Waals surface area contributed by atoms with Gasteiger partial charge in [0.1, 0.15) is 12.4 Å². The highest BCUT2D eigenvalue weighted by molar-refractivity contribution is 6.32. The average Bonchev–Trinajstić information content (AvgIpc) is 3.03. The summed E-state index contributed by atoms with van der Waals surface area (Å²) in [5, 5.41) is 9.44. The Labute approximate surface area is 269 Å². The van der Waals surface area contributed by atoms with Crippen molar-refractivity contribution in [1.29, 1.82) is 0 Å². The summed E-state index contributed by atoms with van der Waals surface area (Å²) in [6.07, 6.45) is 1.35. The van der Waals surface area contributed by atoms with E-state index < -0.39 is 36.4 Å². The third kappa shape index (κ3) is 8.24. The fraction of sp³-hybridized carbons (Fsp3) is 0.250. The number of esters is 1. The van der Waals surface area contributed by atoms with Gasteiger partial charge in [0.2, 0.25) is 0 Å². The molecule has 1 heterocycles. The van der Waals surface area contributed by atoms with Gasteiger partial charge in [0.25, 0.3) is 5.91 Å². The number of benzene rings is 3. The van der Waals surface area contributed by atoms with Gasteiger partial charge in [-0.25, -0.2) is 19.4 Å². The van der Waals surface area contributed by atoms with E-state index in [4.69, 9.17) is 35.3 Å². The third-order valence-corrected chi connectivity index (χ3v) is 6.91. The maximum atomic E-state index is 14.0. The average molecular weight is 655 g/mol. The number of nitrogens with zero attached hydrogens (tertiary/aromatic N) is 1. The molecular weight excluding hydrogens is 623 g/mol. The molecular formula is C32H32ClFN4O8. The number of nitrogens with one attached hydrogen (secondary N) is 3. The van der Waals surface area contributed by atoms with E-state index in [0.29, 0.717) is 28.1 Å². The van der Waals surface area contributed by atoms with Crippen molar-refractivity contribution in [3.63, 3.8) is 0 Å². The van der Waals surface area contributed by atoms with Crippen LogP contribution in [0.25, 0.3) is 0 Å². The lowest BCUT2D eigenvalue weighted by molar-refractivity contribution is -0.139. The SMILES string of the molecule is CCOC(=O)C1=C(C)NC(=O)N[C@@H]1c1ccc(OCC(=O)N/N=C\c2cc(Cl)c(OCc3ccccc3F)c(OC)c2)c(OC)c1. The molecule has 12 nitrogen and oxygen atoms in total. The predicted octanol–water partition coefficient (Wildman–Crippen LogP) is 4.80. The molecule has 0 saturated carbocycles. The number of urea groups is 1. The molecule has 1 aliphatic rings. The number of methoxy groups -OCH3 is 2. The van der Waals surface area contributed by atoms with Gasteiger partial charge in [-0.2, -0.15) is 5.10 Å². The van der Waals surface area contributed by atoms with Crippen molar-refractivity contribution in [2.75, 3.05) is 27.4 Å². The van der Waals surface area contributed by atoms with Crippen molar-refractivity contribution >= 4 is 35.7 Å². The van der Waals surface area contributed by atoms with Gasteiger partial charge < -0.3 is 34.3 Å². The monoisotopic (exact) mass is 654 g/mol. The molecule has 4 rings (SSSR count). The lowest BCUT2D eigenvalue weighted by atomic mass is 9.95. The summed E-state index contributed by atoms with van der Waals surface area (Å²) in [4.78, 5) is 37.2. The summed E-state index contributed by atoms with van der Waals surface area (Å²) in [7, 11) is 2.85. The summed E-state index contributed by atoms with van der Waals surface area (Å²) < 4.78 is 41.3. The second-order valence-corrected chi connectivity index (χ2v) is 10.1. The molecule has 1 atom stereocenters. The molecule has 0 spiro atoms. The number of ether oxygens (including phenoxy) is 5. The van der Waals surface area contributed by atoms with Gasteiger partial charge in [-0.05, 0) is 55.3 Å². The van der Waals surface area contributed by atoms with E-state index in [2.05, 4.69) is 21.2 Å². The molecule has 0 aromatic heterocycles. The van der Waals surface area contributed by atoms with E-state index >= 15 is 0 Å². The molecule has 3 aromatic rings. The zero-order valence-corrected chi connectivity index (χ0v) is 26.2. The van der Waals surface area contributed by atoms with Crippen LogP contribution in [0.5, 0.6) is 23.0 Å². The number of rotatable bonds is 13. The maximum absolute atomic E-state index is 14.0. The topological polar surface area (TPSA) is 146 Å². The molecule has 3 amide bonds. The molecule has 0 bridgehead atoms. The molecule has 0 saturated heterocycles. The van der Waals surface area contributed by atoms with Crippen LogP contribution in [0, 0.1) is 5.82 Å². The molecule has 46 heavy (non-hydrogen) atoms. The van der Waals surface area contributed by atoms with Crippen LogP contribution < -0.4 is 35.0 Å². The number of amides is 3. The molecule has 0 fully saturated rings. The summed E-state index contributed by atoms with van der Waals surface area (Å²) in [6.45, 7) is 3.00. The highest BCUT2D eigenvalue weighted by atomic mass is 35.5. The van der Waals surface area contributed by atoms with Crippen LogP contribution in [-0.2, 0) is 20.9 Å². The molecule has 3 N–H and O–H groups in total. The minimum atomic E-state index is -0.798. The van der Waals surface area contributed by atoms with Gasteiger partial charge in [0.05, 0.1) is 43.7 Å². The minimum absolute atomic E-state index is 0.0558. The fourth-order valence-electron chi connectivity index (χ4n) is 4.48. The van der Waals surface area contributed by atoms with Gasteiger partial charge >= 0.3 is 12.0 Å². The van der Waals surface area contributed by atoms with E-state index in [1.54, 1.807) is 62.4 Å². The van der Waals surface area contributed by atoms with Crippen molar-refractivity contribution in [3.05, 3.63) is 93.4 Å². The molecule has 0 radical (unpaired) electrons. The summed E-state index contributed by atoms with van der Waals surface area (Å²) in [6, 6.07) is 12.9. The van der Waals surface area contributed by atoms with E-state index in [-0.39, 0.29) is 41.1 Å². The number of hydrogen-bond donors (Lipinski definition) is 3. The van der Waals surface area contributed by atoms with E-state index in [1.807, 2.05) is 0 Å². The van der Waals surface area contributed by atoms with E-state index in [0.717, 1.165) is 0 Å². The van der Waals surface area contributed by atoms with Crippen molar-refractivity contribution in [3.8, 4) is 23.0 Å². The Morgan fingerprint density at radius 3 is 2.52 bits per heavy atom. The Balaban J connectivity index is 1.38. The molecule has 0 aliphatic carbocycles. The molecule has 1 aliphatic heterocycles. The normalized spacial score (nSPS) is 14.3. The standard InChI is InChI=1S/C32H32ClFN4O8/c1-5-44-31(40)28-18(2)36-32(41)37-29(28)20-10-11-24(25(14-20)42-3)45-17-27(39)38-35-15-19-12-22(33)30(26(13-19)43-4)46-16-21-8-6-7-9-23(21)34/h6-15,29H,5,16-17H2,1-4H3,(H,38,39)(H2,36,37,41)/b35-15-/t29-/m1/s1. The highest BCUT2D eigenvalue weighted by Gasteiger charge is 2.32. The van der Waals surface area contributed by atoms with Crippen LogP contribution in [0.3, 0.4) is 0 Å². The smallest absolute Gasteiger partial charge is 0.338 e. The van der Waals surface area contributed by atoms with Gasteiger partial charge in [-0.1, -0.05) is 35.9 Å². The Hall–Kier alpha value is -5.30. The Morgan fingerprint density at radius 1 is 1.04 bits per heavy atom. The van der Waals surface area contributed by atoms with Crippen LogP contribution in [-0.4, -0.2) is 51.6 Å². The van der Waals surface area contributed by atoms with E-state index in [9.17, 15) is 18.8 Å². The zero-order chi connectivity index (χ0) is 33.2. The third-order valence-electron chi connectivity index (χ3n) is 6.63. The molecule has 0 unspecified atom stereocenters. The van der Waals surface area contributed by atoms with E-state index in [1.165, 1.54) is 26.5 Å². The first-order chi connectivity index (χ1) is 22.1. The lowest BCUT2D eigenvalue weighted by Crippen LogP contribution is -2.45. The maximum Gasteiger partial charge on any atom is 0.338 e. The van der Waals surface area contributed by atoms with Crippen LogP contribution in [0.1, 0.15) is 36.6 Å². The van der Waals surface area contributed by atoms with Crippen LogP contribution in [0.2, 0.25) is 5.02 Å². The lowest BCUT2D eigenvalue weighted by Gasteiger charge is -2.28. The highest BCUT2D eigenvalue weighted by Crippen LogP contribution is 2.37. The number of carbonyl (C=O) groups is 3. The Bertz CT molecular complexity index is 1680. The molecule has 3 aromatic carbocycles. The predicted molar refractivity (Wildman–Crippen MR) is 167 cm³/mol. The first-order valence-electron chi connectivity index (χ1n) is 14.0. The van der Waals surface area contributed by atoms with Crippen molar-refractivity contribution in [2.45, 2.75) is 26.5 Å². The molecule has 14 heteroatoms. The second-order valence-electron chi connectivity index (χ2n) is 9.70. The first-order valence-corrected chi connectivity index (χ1v) is 14.3. The van der Waals surface area contributed by atoms with Crippen LogP contribution >= 0.6 is 11.6 Å². The van der Waals surface area contributed by atoms with Crippen molar-refractivity contribution in [1.82, 2.24) is 16.1 Å². The Kier molecular flexibility index (Phi) is 11.4. The number of allylic oxidation sites excluding steroid dienone is 1. The number of hydrazone groups is 1. The van der Waals surface area contributed by atoms with Crippen LogP contribution in [0.15, 0.2) is 71.0 Å². The summed E-state index contributed by atoms with van der Waals surface area (Å²) in [5.41, 5.74) is 4.37. The van der Waals surface area contributed by atoms with Gasteiger partial charge in [-0.3, -0.25) is 4.79 Å². The summed E-state index contributed by atoms with van der Waals surface area (Å²) in [5.74, 6) is -0.515. The second kappa shape index (κ2) is 15.6. The van der Waals surface area contributed by atoms with Crippen molar-refractivity contribution < 1.29 is 42.5 Å². The van der Waals surface area contributed by atoms with Gasteiger partial charge in [-0.15, -0.1) is 0 Å². The molecule has 242 valence electrons. The van der Waals surface area contributed by atoms with Crippen LogP contribution in [0.4, 0.5) is 9.18 Å². The minimum Gasteiger partial charge on any atom is -0.493 e.